The summed E-state index contributed by atoms with van der Waals surface area (Å²) in [5.74, 6) is -1.18. The molecule has 86 valence electrons. The number of thiazole rings is 1. The Morgan fingerprint density at radius 3 is 2.59 bits per heavy atom. The van der Waals surface area contributed by atoms with E-state index in [-0.39, 0.29) is 5.56 Å². The molecule has 0 radical (unpaired) electrons. The fourth-order valence-electron chi connectivity index (χ4n) is 1.76. The molecule has 3 aromatic rings. The minimum absolute atomic E-state index is 0.0669. The monoisotopic (exact) mass is 250 g/mol. The van der Waals surface area contributed by atoms with Crippen LogP contribution < -0.4 is 0 Å². The van der Waals surface area contributed by atoms with Crippen LogP contribution >= 0.6 is 11.3 Å². The molecular weight excluding hydrogens is 242 g/mol. The van der Waals surface area contributed by atoms with Gasteiger partial charge in [0.25, 0.3) is 0 Å². The zero-order valence-electron chi connectivity index (χ0n) is 8.95. The first-order chi connectivity index (χ1) is 8.16. The van der Waals surface area contributed by atoms with Crippen molar-refractivity contribution in [2.24, 2.45) is 0 Å². The van der Waals surface area contributed by atoms with Gasteiger partial charge in [-0.05, 0) is 19.1 Å². The van der Waals surface area contributed by atoms with Gasteiger partial charge in [-0.25, -0.2) is 13.8 Å². The summed E-state index contributed by atoms with van der Waals surface area (Å²) in [6.07, 6.45) is 1.66. The lowest BCUT2D eigenvalue weighted by atomic mass is 10.1. The van der Waals surface area contributed by atoms with E-state index in [1.165, 1.54) is 29.5 Å². The Balaban J connectivity index is 2.27. The molecular formula is C12H8F2N2S. The molecule has 2 aromatic heterocycles. The number of benzene rings is 1. The molecule has 0 fully saturated rings. The summed E-state index contributed by atoms with van der Waals surface area (Å²) in [6.45, 7) is 1.92. The number of hydrogen-bond acceptors (Lipinski definition) is 2. The highest BCUT2D eigenvalue weighted by atomic mass is 32.1. The molecule has 0 saturated carbocycles. The van der Waals surface area contributed by atoms with Crippen LogP contribution in [0.25, 0.3) is 16.2 Å². The minimum Gasteiger partial charge on any atom is -0.294 e. The number of aromatic nitrogens is 2. The van der Waals surface area contributed by atoms with Crippen molar-refractivity contribution in [3.63, 3.8) is 0 Å². The molecule has 0 saturated heterocycles. The molecule has 3 rings (SSSR count). The van der Waals surface area contributed by atoms with Gasteiger partial charge >= 0.3 is 0 Å². The third-order valence-corrected chi connectivity index (χ3v) is 3.57. The highest BCUT2D eigenvalue weighted by molar-refractivity contribution is 7.15. The number of fused-ring (bicyclic) bond motifs is 1. The van der Waals surface area contributed by atoms with E-state index in [4.69, 9.17) is 0 Å². The molecule has 17 heavy (non-hydrogen) atoms. The van der Waals surface area contributed by atoms with E-state index in [1.807, 2.05) is 16.7 Å². The first-order valence-electron chi connectivity index (χ1n) is 5.04. The minimum atomic E-state index is -0.589. The maximum atomic E-state index is 13.6. The number of halogens is 2. The third kappa shape index (κ3) is 1.54. The molecule has 0 spiro atoms. The first-order valence-corrected chi connectivity index (χ1v) is 5.92. The van der Waals surface area contributed by atoms with Gasteiger partial charge in [0.05, 0.1) is 11.3 Å². The Morgan fingerprint density at radius 2 is 1.94 bits per heavy atom. The third-order valence-electron chi connectivity index (χ3n) is 2.61. The van der Waals surface area contributed by atoms with Crippen LogP contribution in [-0.2, 0) is 0 Å². The Kier molecular flexibility index (Phi) is 2.22. The summed E-state index contributed by atoms with van der Waals surface area (Å²) in [5.41, 5.74) is 1.26. The smallest absolute Gasteiger partial charge is 0.194 e. The van der Waals surface area contributed by atoms with Crippen LogP contribution in [0.1, 0.15) is 5.69 Å². The molecule has 0 bridgehead atoms. The van der Waals surface area contributed by atoms with Crippen molar-refractivity contribution in [1.82, 2.24) is 9.38 Å². The maximum Gasteiger partial charge on any atom is 0.194 e. The van der Waals surface area contributed by atoms with Gasteiger partial charge in [0.2, 0.25) is 0 Å². The molecule has 1 aromatic carbocycles. The normalized spacial score (nSPS) is 11.2. The fraction of sp³-hybridized carbons (Fsp3) is 0.0833. The van der Waals surface area contributed by atoms with Gasteiger partial charge in [-0.2, -0.15) is 0 Å². The van der Waals surface area contributed by atoms with Crippen LogP contribution in [0.5, 0.6) is 0 Å². The van der Waals surface area contributed by atoms with Gasteiger partial charge in [-0.15, -0.1) is 11.3 Å². The van der Waals surface area contributed by atoms with E-state index in [0.29, 0.717) is 5.69 Å². The highest BCUT2D eigenvalue weighted by Gasteiger charge is 2.15. The van der Waals surface area contributed by atoms with Crippen LogP contribution in [-0.4, -0.2) is 9.38 Å². The zero-order chi connectivity index (χ0) is 12.0. The number of aryl methyl sites for hydroxylation is 1. The SMILES string of the molecule is Cc1csc2nc(-c3c(F)cccc3F)cn12. The van der Waals surface area contributed by atoms with E-state index in [1.54, 1.807) is 6.20 Å². The molecule has 2 heterocycles. The number of nitrogens with zero attached hydrogens (tertiary/aromatic N) is 2. The highest BCUT2D eigenvalue weighted by Crippen LogP contribution is 2.27. The van der Waals surface area contributed by atoms with Crippen molar-refractivity contribution in [3.8, 4) is 11.3 Å². The molecule has 0 aliphatic rings. The summed E-state index contributed by atoms with van der Waals surface area (Å²) in [7, 11) is 0. The van der Waals surface area contributed by atoms with Crippen molar-refractivity contribution in [1.29, 1.82) is 0 Å². The van der Waals surface area contributed by atoms with Gasteiger partial charge in [0.1, 0.15) is 11.6 Å². The van der Waals surface area contributed by atoms with E-state index >= 15 is 0 Å². The number of imidazole rings is 1. The van der Waals surface area contributed by atoms with E-state index in [9.17, 15) is 8.78 Å². The number of rotatable bonds is 1. The maximum absolute atomic E-state index is 13.6. The standard InChI is InChI=1S/C12H8F2N2S/c1-7-6-17-12-15-10(5-16(7)12)11-8(13)3-2-4-9(11)14/h2-6H,1H3. The van der Waals surface area contributed by atoms with E-state index in [2.05, 4.69) is 4.98 Å². The lowest BCUT2D eigenvalue weighted by Crippen LogP contribution is -1.89. The second-order valence-electron chi connectivity index (χ2n) is 3.75. The van der Waals surface area contributed by atoms with Crippen molar-refractivity contribution in [2.75, 3.05) is 0 Å². The fourth-order valence-corrected chi connectivity index (χ4v) is 2.61. The number of hydrogen-bond donors (Lipinski definition) is 0. The summed E-state index contributed by atoms with van der Waals surface area (Å²) >= 11 is 1.45. The van der Waals surface area contributed by atoms with Gasteiger partial charge in [0, 0.05) is 17.3 Å². The van der Waals surface area contributed by atoms with Crippen LogP contribution in [0, 0.1) is 18.6 Å². The van der Waals surface area contributed by atoms with Crippen LogP contribution in [0.3, 0.4) is 0 Å². The van der Waals surface area contributed by atoms with Crippen LogP contribution in [0.4, 0.5) is 8.78 Å². The van der Waals surface area contributed by atoms with Crippen LogP contribution in [0.2, 0.25) is 0 Å². The second kappa shape index (κ2) is 3.63. The predicted molar refractivity (Wildman–Crippen MR) is 63.2 cm³/mol. The molecule has 0 N–H and O–H groups in total. The predicted octanol–water partition coefficient (Wildman–Crippen LogP) is 3.65. The summed E-state index contributed by atoms with van der Waals surface area (Å²) in [4.78, 5) is 4.96. The Morgan fingerprint density at radius 1 is 1.24 bits per heavy atom. The average Bonchev–Trinajstić information content (AvgIpc) is 2.82. The molecule has 0 amide bonds. The molecule has 2 nitrogen and oxygen atoms in total. The molecule has 0 atom stereocenters. The first kappa shape index (κ1) is 10.4. The lowest BCUT2D eigenvalue weighted by Gasteiger charge is -2.00. The Bertz CT molecular complexity index is 679. The Labute approximate surface area is 100 Å². The summed E-state index contributed by atoms with van der Waals surface area (Å²) in [5, 5.41) is 1.95. The zero-order valence-corrected chi connectivity index (χ0v) is 9.76. The Hall–Kier alpha value is -1.75. The van der Waals surface area contributed by atoms with Crippen molar-refractivity contribution < 1.29 is 8.78 Å². The molecule has 0 aliphatic carbocycles. The van der Waals surface area contributed by atoms with Gasteiger partial charge in [-0.1, -0.05) is 6.07 Å². The van der Waals surface area contributed by atoms with Crippen molar-refractivity contribution in [3.05, 3.63) is 47.1 Å². The second-order valence-corrected chi connectivity index (χ2v) is 4.59. The van der Waals surface area contributed by atoms with Gasteiger partial charge < -0.3 is 0 Å². The summed E-state index contributed by atoms with van der Waals surface area (Å²) < 4.78 is 29.0. The van der Waals surface area contributed by atoms with Crippen molar-refractivity contribution in [2.45, 2.75) is 6.92 Å². The van der Waals surface area contributed by atoms with Gasteiger partial charge in [0.15, 0.2) is 4.96 Å². The summed E-state index contributed by atoms with van der Waals surface area (Å²) in [6, 6.07) is 3.81. The molecule has 0 unspecified atom stereocenters. The molecule has 0 aliphatic heterocycles. The quantitative estimate of drug-likeness (QED) is 0.644. The van der Waals surface area contributed by atoms with E-state index < -0.39 is 11.6 Å². The van der Waals surface area contributed by atoms with Crippen LogP contribution in [0.15, 0.2) is 29.8 Å². The largest absolute Gasteiger partial charge is 0.294 e. The topological polar surface area (TPSA) is 17.3 Å². The van der Waals surface area contributed by atoms with Crippen molar-refractivity contribution >= 4 is 16.3 Å². The van der Waals surface area contributed by atoms with E-state index in [0.717, 1.165) is 10.7 Å². The van der Waals surface area contributed by atoms with Gasteiger partial charge in [-0.3, -0.25) is 4.40 Å². The molecule has 5 heteroatoms. The average molecular weight is 250 g/mol. The lowest BCUT2D eigenvalue weighted by molar-refractivity contribution is 0.589.